The standard InChI is InChI=1S/C7H13N3O3/c8-10(12)13-6-7(11)9-4-2-1-3-5-9/h1H,2-6H2,(H2,8,12)/q+1. The van der Waals surface area contributed by atoms with Crippen molar-refractivity contribution >= 4 is 5.91 Å². The van der Waals surface area contributed by atoms with Crippen LogP contribution in [0.3, 0.4) is 0 Å². The number of carbonyl (C=O) groups excluding carboxylic acids is 1. The molecule has 0 aromatic heterocycles. The predicted molar refractivity (Wildman–Crippen MR) is 43.9 cm³/mol. The van der Waals surface area contributed by atoms with Crippen molar-refractivity contribution in [2.45, 2.75) is 12.8 Å². The Morgan fingerprint density at radius 2 is 2.15 bits per heavy atom. The summed E-state index contributed by atoms with van der Waals surface area (Å²) in [7, 11) is 0. The molecule has 1 aliphatic rings. The number of hydrazine groups is 1. The number of hydrogen-bond acceptors (Lipinski definition) is 3. The van der Waals surface area contributed by atoms with Crippen molar-refractivity contribution in [1.29, 1.82) is 0 Å². The lowest BCUT2D eigenvalue weighted by Crippen LogP contribution is -2.39. The second-order valence-electron chi connectivity index (χ2n) is 2.81. The molecular weight excluding hydrogens is 174 g/mol. The van der Waals surface area contributed by atoms with Crippen molar-refractivity contribution in [1.82, 2.24) is 4.90 Å². The first-order chi connectivity index (χ1) is 6.20. The van der Waals surface area contributed by atoms with Crippen LogP contribution in [0.15, 0.2) is 0 Å². The molecule has 2 N–H and O–H groups in total. The van der Waals surface area contributed by atoms with Crippen molar-refractivity contribution in [3.05, 3.63) is 11.3 Å². The van der Waals surface area contributed by atoms with Gasteiger partial charge in [0.15, 0.2) is 0 Å². The summed E-state index contributed by atoms with van der Waals surface area (Å²) in [5, 5.41) is -0.200. The summed E-state index contributed by atoms with van der Waals surface area (Å²) in [5.41, 5.74) is 0. The normalized spacial score (nSPS) is 16.8. The number of nitrogens with two attached hydrogens (primary N) is 1. The third-order valence-corrected chi connectivity index (χ3v) is 1.87. The lowest BCUT2D eigenvalue weighted by atomic mass is 10.1. The molecule has 1 heterocycles. The van der Waals surface area contributed by atoms with E-state index in [0.717, 1.165) is 12.8 Å². The minimum atomic E-state index is -0.278. The molecule has 1 aliphatic heterocycles. The highest BCUT2D eigenvalue weighted by Crippen LogP contribution is 2.07. The van der Waals surface area contributed by atoms with Gasteiger partial charge in [0.05, 0.1) is 0 Å². The van der Waals surface area contributed by atoms with Crippen LogP contribution in [0.1, 0.15) is 12.8 Å². The second-order valence-corrected chi connectivity index (χ2v) is 2.81. The van der Waals surface area contributed by atoms with Gasteiger partial charge < -0.3 is 4.90 Å². The molecule has 0 aromatic carbocycles. The number of amides is 1. The van der Waals surface area contributed by atoms with Gasteiger partial charge >= 0.3 is 5.03 Å². The Labute approximate surface area is 76.1 Å². The Morgan fingerprint density at radius 1 is 1.54 bits per heavy atom. The summed E-state index contributed by atoms with van der Waals surface area (Å²) < 4.78 is 0. The Hall–Kier alpha value is -1.33. The van der Waals surface area contributed by atoms with E-state index in [1.165, 1.54) is 0 Å². The number of piperidine rings is 1. The molecule has 6 nitrogen and oxygen atoms in total. The minimum absolute atomic E-state index is 0.195. The molecule has 0 atom stereocenters. The molecule has 6 heteroatoms. The Balaban J connectivity index is 2.25. The van der Waals surface area contributed by atoms with E-state index < -0.39 is 0 Å². The molecule has 0 aliphatic carbocycles. The highest BCUT2D eigenvalue weighted by Gasteiger charge is 2.19. The summed E-state index contributed by atoms with van der Waals surface area (Å²) in [4.78, 5) is 27.4. The van der Waals surface area contributed by atoms with Crippen molar-refractivity contribution in [2.24, 2.45) is 5.84 Å². The zero-order valence-electron chi connectivity index (χ0n) is 7.31. The fraction of sp³-hybridized carbons (Fsp3) is 0.714. The Kier molecular flexibility index (Phi) is 3.48. The van der Waals surface area contributed by atoms with Crippen LogP contribution in [-0.2, 0) is 9.63 Å². The van der Waals surface area contributed by atoms with Gasteiger partial charge in [-0.25, -0.2) is 0 Å². The number of rotatable bonds is 3. The third kappa shape index (κ3) is 3.27. The molecule has 0 saturated carbocycles. The van der Waals surface area contributed by atoms with Crippen LogP contribution >= 0.6 is 0 Å². The molecule has 0 bridgehead atoms. The summed E-state index contributed by atoms with van der Waals surface area (Å²) in [6, 6.07) is 0. The van der Waals surface area contributed by atoms with E-state index in [0.29, 0.717) is 13.1 Å². The lowest BCUT2D eigenvalue weighted by Gasteiger charge is -2.25. The molecule has 1 fully saturated rings. The van der Waals surface area contributed by atoms with Crippen molar-refractivity contribution in [3.8, 4) is 0 Å². The molecule has 1 rings (SSSR count). The minimum Gasteiger partial charge on any atom is -0.339 e. The molecular formula is C7H13N3O3+. The fourth-order valence-corrected chi connectivity index (χ4v) is 1.21. The monoisotopic (exact) mass is 187 g/mol. The maximum atomic E-state index is 11.3. The van der Waals surface area contributed by atoms with Crippen LogP contribution in [0.5, 0.6) is 0 Å². The van der Waals surface area contributed by atoms with Crippen molar-refractivity contribution < 1.29 is 14.7 Å². The number of hydrogen-bond donors (Lipinski definition) is 1. The Morgan fingerprint density at radius 3 is 2.69 bits per heavy atom. The van der Waals surface area contributed by atoms with E-state index >= 15 is 0 Å². The number of likely N-dealkylation sites (tertiary alicyclic amines) is 1. The van der Waals surface area contributed by atoms with Gasteiger partial charge in [-0.1, -0.05) is 0 Å². The van der Waals surface area contributed by atoms with Crippen LogP contribution in [0, 0.1) is 11.3 Å². The van der Waals surface area contributed by atoms with Gasteiger partial charge in [0.1, 0.15) is 4.91 Å². The zero-order valence-corrected chi connectivity index (χ0v) is 7.31. The topological polar surface area (TPSA) is 75.6 Å². The molecule has 1 amide bonds. The predicted octanol–water partition coefficient (Wildman–Crippen LogP) is -0.603. The maximum absolute atomic E-state index is 11.3. The van der Waals surface area contributed by atoms with E-state index in [2.05, 4.69) is 17.1 Å². The van der Waals surface area contributed by atoms with Crippen LogP contribution < -0.4 is 5.84 Å². The first-order valence-corrected chi connectivity index (χ1v) is 4.14. The van der Waals surface area contributed by atoms with Crippen LogP contribution in [0.25, 0.3) is 0 Å². The summed E-state index contributed by atoms with van der Waals surface area (Å²) in [5.74, 6) is 4.45. The SMILES string of the molecule is N[N+](=O)OCC(=O)N1CC[CH]CC1. The van der Waals surface area contributed by atoms with Gasteiger partial charge in [-0.3, -0.25) is 4.79 Å². The molecule has 1 saturated heterocycles. The van der Waals surface area contributed by atoms with Gasteiger partial charge in [0.2, 0.25) is 6.61 Å². The molecule has 0 unspecified atom stereocenters. The van der Waals surface area contributed by atoms with Gasteiger partial charge in [0, 0.05) is 13.1 Å². The smallest absolute Gasteiger partial charge is 0.339 e. The zero-order chi connectivity index (χ0) is 9.68. The quantitative estimate of drug-likeness (QED) is 0.472. The van der Waals surface area contributed by atoms with Gasteiger partial charge in [0.25, 0.3) is 5.91 Å². The van der Waals surface area contributed by atoms with Crippen LogP contribution in [-0.4, -0.2) is 35.5 Å². The van der Waals surface area contributed by atoms with Gasteiger partial charge in [-0.2, -0.15) is 4.84 Å². The molecule has 0 spiro atoms. The van der Waals surface area contributed by atoms with E-state index in [1.807, 2.05) is 0 Å². The van der Waals surface area contributed by atoms with Crippen molar-refractivity contribution in [2.75, 3.05) is 19.7 Å². The molecule has 13 heavy (non-hydrogen) atoms. The van der Waals surface area contributed by atoms with E-state index in [4.69, 9.17) is 0 Å². The van der Waals surface area contributed by atoms with Crippen LogP contribution in [0.2, 0.25) is 0 Å². The van der Waals surface area contributed by atoms with E-state index in [9.17, 15) is 9.70 Å². The fourth-order valence-electron chi connectivity index (χ4n) is 1.21. The van der Waals surface area contributed by atoms with E-state index in [-0.39, 0.29) is 17.5 Å². The first-order valence-electron chi connectivity index (χ1n) is 4.14. The molecule has 0 aromatic rings. The summed E-state index contributed by atoms with van der Waals surface area (Å²) >= 11 is 0. The summed E-state index contributed by atoms with van der Waals surface area (Å²) in [6.07, 6.45) is 3.93. The highest BCUT2D eigenvalue weighted by atomic mass is 16.8. The lowest BCUT2D eigenvalue weighted by molar-refractivity contribution is -0.810. The molecule has 1 radical (unpaired) electrons. The second kappa shape index (κ2) is 4.64. The maximum Gasteiger partial charge on any atom is 0.354 e. The highest BCUT2D eigenvalue weighted by molar-refractivity contribution is 5.77. The number of nitrogens with zero attached hydrogens (tertiary/aromatic N) is 2. The summed E-state index contributed by atoms with van der Waals surface area (Å²) in [6.45, 7) is 1.12. The van der Waals surface area contributed by atoms with Gasteiger partial charge in [-0.15, -0.1) is 5.84 Å². The van der Waals surface area contributed by atoms with E-state index in [1.54, 1.807) is 4.90 Å². The Bertz CT molecular complexity index is 201. The van der Waals surface area contributed by atoms with Crippen molar-refractivity contribution in [3.63, 3.8) is 0 Å². The van der Waals surface area contributed by atoms with Crippen LogP contribution in [0.4, 0.5) is 0 Å². The average Bonchev–Trinajstić information content (AvgIpc) is 2.15. The third-order valence-electron chi connectivity index (χ3n) is 1.87. The average molecular weight is 187 g/mol. The largest absolute Gasteiger partial charge is 0.354 e. The van der Waals surface area contributed by atoms with Gasteiger partial charge in [-0.05, 0) is 19.3 Å². The molecule has 73 valence electrons. The number of carbonyl (C=O) groups is 1. The first kappa shape index (κ1) is 9.76.